The molecule has 9 atom stereocenters. The Morgan fingerprint density at radius 1 is 1.00 bits per heavy atom. The molecule has 2 saturated carbocycles. The normalized spacial score (nSPS) is 42.0. The number of fused-ring (bicyclic) bond motifs is 2. The smallest absolute Gasteiger partial charge is 0.338 e. The van der Waals surface area contributed by atoms with Crippen molar-refractivity contribution in [2.45, 2.75) is 97.4 Å². The minimum atomic E-state index is -0.602. The molecule has 39 heavy (non-hydrogen) atoms. The van der Waals surface area contributed by atoms with Crippen molar-refractivity contribution in [2.75, 3.05) is 0 Å². The number of hydrogen-bond acceptors (Lipinski definition) is 4. The van der Waals surface area contributed by atoms with E-state index in [-0.39, 0.29) is 22.9 Å². The van der Waals surface area contributed by atoms with E-state index in [1.165, 1.54) is 12.0 Å². The summed E-state index contributed by atoms with van der Waals surface area (Å²) in [6.45, 7) is 14.2. The minimum absolute atomic E-state index is 0.159. The van der Waals surface area contributed by atoms with Crippen LogP contribution in [0.15, 0.2) is 66.3 Å². The van der Waals surface area contributed by atoms with Crippen molar-refractivity contribution in [1.82, 2.24) is 0 Å². The second-order valence-corrected chi connectivity index (χ2v) is 14.1. The van der Waals surface area contributed by atoms with Gasteiger partial charge < -0.3 is 4.74 Å². The van der Waals surface area contributed by atoms with Gasteiger partial charge in [-0.2, -0.15) is 0 Å². The van der Waals surface area contributed by atoms with Gasteiger partial charge in [0.1, 0.15) is 17.3 Å². The van der Waals surface area contributed by atoms with Gasteiger partial charge in [-0.25, -0.2) is 14.6 Å². The average molecular weight is 531 g/mol. The Kier molecular flexibility index (Phi) is 6.55. The lowest BCUT2D eigenvalue weighted by Gasteiger charge is -2.66. The van der Waals surface area contributed by atoms with Crippen molar-refractivity contribution in [3.8, 4) is 0 Å². The highest BCUT2D eigenvalue weighted by atomic mass is 17.2. The third kappa shape index (κ3) is 3.95. The SMILES string of the molecule is CC(C)[C@@H](C)/C=C/[C@@H](C)[C@@H]1CC[C@@H]2[C@]1(C)CC=C1[C@]23C=C[C@]2(C[C@@H](OC(=O)c4ccccc4)CC[C@]12C)OO3. The summed E-state index contributed by atoms with van der Waals surface area (Å²) in [6, 6.07) is 9.27. The monoisotopic (exact) mass is 530 g/mol. The summed E-state index contributed by atoms with van der Waals surface area (Å²) < 4.78 is 6.00. The molecule has 1 aromatic rings. The lowest BCUT2D eigenvalue weighted by Crippen LogP contribution is -2.69. The van der Waals surface area contributed by atoms with E-state index in [1.54, 1.807) is 0 Å². The van der Waals surface area contributed by atoms with Crippen molar-refractivity contribution < 1.29 is 19.3 Å². The predicted molar refractivity (Wildman–Crippen MR) is 154 cm³/mol. The van der Waals surface area contributed by atoms with Crippen LogP contribution >= 0.6 is 0 Å². The van der Waals surface area contributed by atoms with Gasteiger partial charge >= 0.3 is 5.97 Å². The van der Waals surface area contributed by atoms with Gasteiger partial charge in [-0.1, -0.05) is 78.0 Å². The van der Waals surface area contributed by atoms with Gasteiger partial charge in [-0.15, -0.1) is 0 Å². The molecule has 2 aliphatic heterocycles. The van der Waals surface area contributed by atoms with Crippen molar-refractivity contribution in [3.63, 3.8) is 0 Å². The fourth-order valence-electron chi connectivity index (χ4n) is 8.89. The zero-order valence-corrected chi connectivity index (χ0v) is 24.6. The van der Waals surface area contributed by atoms with Gasteiger partial charge in [-0.3, -0.25) is 0 Å². The molecule has 7 rings (SSSR count). The summed E-state index contributed by atoms with van der Waals surface area (Å²) in [4.78, 5) is 25.8. The van der Waals surface area contributed by atoms with Crippen LogP contribution in [-0.2, 0) is 14.5 Å². The van der Waals surface area contributed by atoms with Gasteiger partial charge in [0.15, 0.2) is 0 Å². The molecular weight excluding hydrogens is 484 g/mol. The fourth-order valence-corrected chi connectivity index (χ4v) is 8.89. The standard InChI is InChI=1S/C35H46O4/c1-23(2)24(3)12-13-25(4)28-14-15-29-32(28,5)18-17-30-33(6)19-16-27(37-31(36)26-10-8-7-9-11-26)22-34(33)20-21-35(29,30)39-38-34/h7-13,17,20-21,23-25,27-29H,14-16,18-19,22H2,1-6H3/b13-12+/t24-,25+,27-,28-,29+,32+,33+,34+,35-/m0/s1. The van der Waals surface area contributed by atoms with E-state index < -0.39 is 11.2 Å². The molecule has 210 valence electrons. The predicted octanol–water partition coefficient (Wildman–Crippen LogP) is 8.26. The van der Waals surface area contributed by atoms with Crippen molar-refractivity contribution in [1.29, 1.82) is 0 Å². The second-order valence-electron chi connectivity index (χ2n) is 14.1. The lowest BCUT2D eigenvalue weighted by atomic mass is 9.46. The van der Waals surface area contributed by atoms with Gasteiger partial charge in [-0.05, 0) is 91.0 Å². The Bertz CT molecular complexity index is 1200. The van der Waals surface area contributed by atoms with E-state index in [4.69, 9.17) is 14.5 Å². The van der Waals surface area contributed by atoms with Crippen LogP contribution in [-0.4, -0.2) is 23.3 Å². The summed E-state index contributed by atoms with van der Waals surface area (Å²) in [5.41, 5.74) is 0.924. The number of carbonyl (C=O) groups excluding carboxylic acids is 1. The summed E-state index contributed by atoms with van der Waals surface area (Å²) >= 11 is 0. The topological polar surface area (TPSA) is 44.8 Å². The molecule has 0 amide bonds. The highest BCUT2D eigenvalue weighted by molar-refractivity contribution is 5.89. The maximum absolute atomic E-state index is 12.8. The van der Waals surface area contributed by atoms with E-state index >= 15 is 0 Å². The van der Waals surface area contributed by atoms with Crippen LogP contribution in [0.5, 0.6) is 0 Å². The van der Waals surface area contributed by atoms with E-state index in [9.17, 15) is 4.79 Å². The van der Waals surface area contributed by atoms with Crippen molar-refractivity contribution >= 4 is 5.97 Å². The summed E-state index contributed by atoms with van der Waals surface area (Å²) in [6.07, 6.45) is 17.7. The molecule has 2 spiro atoms. The Morgan fingerprint density at radius 3 is 2.46 bits per heavy atom. The number of ether oxygens (including phenoxy) is 1. The van der Waals surface area contributed by atoms with Crippen LogP contribution in [0.3, 0.4) is 0 Å². The number of esters is 1. The average Bonchev–Trinajstić information content (AvgIpc) is 3.30. The molecule has 2 heterocycles. The Balaban J connectivity index is 1.25. The summed E-state index contributed by atoms with van der Waals surface area (Å²) in [5.74, 6) is 2.55. The molecular formula is C35H46O4. The Hall–Kier alpha value is -2.17. The second kappa shape index (κ2) is 9.45. The van der Waals surface area contributed by atoms with E-state index in [1.807, 2.05) is 30.3 Å². The molecule has 0 unspecified atom stereocenters. The number of rotatable bonds is 6. The fraction of sp³-hybridized carbons (Fsp3) is 0.629. The summed E-state index contributed by atoms with van der Waals surface area (Å²) in [5, 5.41) is 0. The first kappa shape index (κ1) is 27.0. The quantitative estimate of drug-likeness (QED) is 0.211. The van der Waals surface area contributed by atoms with E-state index in [0.29, 0.717) is 41.6 Å². The molecule has 4 heteroatoms. The number of carbonyl (C=O) groups is 1. The zero-order chi connectivity index (χ0) is 27.6. The molecule has 0 N–H and O–H groups in total. The highest BCUT2D eigenvalue weighted by Crippen LogP contribution is 2.71. The first-order chi connectivity index (χ1) is 18.5. The minimum Gasteiger partial charge on any atom is -0.459 e. The maximum atomic E-state index is 12.8. The van der Waals surface area contributed by atoms with Crippen molar-refractivity contribution in [3.05, 3.63) is 71.8 Å². The van der Waals surface area contributed by atoms with Crippen LogP contribution in [0.25, 0.3) is 0 Å². The molecule has 1 saturated heterocycles. The van der Waals surface area contributed by atoms with Gasteiger partial charge in [0.25, 0.3) is 0 Å². The lowest BCUT2D eigenvalue weighted by molar-refractivity contribution is -0.455. The number of benzene rings is 1. The maximum Gasteiger partial charge on any atom is 0.338 e. The van der Waals surface area contributed by atoms with Crippen LogP contribution in [0.2, 0.25) is 0 Å². The number of hydrogen-bond donors (Lipinski definition) is 0. The first-order valence-corrected chi connectivity index (χ1v) is 15.3. The molecule has 4 aliphatic carbocycles. The zero-order valence-electron chi connectivity index (χ0n) is 24.6. The van der Waals surface area contributed by atoms with E-state index in [0.717, 1.165) is 25.7 Å². The molecule has 2 bridgehead atoms. The van der Waals surface area contributed by atoms with Crippen LogP contribution in [0.4, 0.5) is 0 Å². The third-order valence-corrected chi connectivity index (χ3v) is 11.7. The van der Waals surface area contributed by atoms with Crippen molar-refractivity contribution in [2.24, 2.45) is 40.4 Å². The molecule has 4 nitrogen and oxygen atoms in total. The van der Waals surface area contributed by atoms with E-state index in [2.05, 4.69) is 71.9 Å². The largest absolute Gasteiger partial charge is 0.459 e. The number of allylic oxidation sites excluding steroid dienone is 3. The highest BCUT2D eigenvalue weighted by Gasteiger charge is 2.72. The third-order valence-electron chi connectivity index (χ3n) is 11.7. The van der Waals surface area contributed by atoms with Gasteiger partial charge in [0.05, 0.1) is 5.56 Å². The molecule has 3 fully saturated rings. The molecule has 6 aliphatic rings. The molecule has 0 aromatic heterocycles. The first-order valence-electron chi connectivity index (χ1n) is 15.3. The Labute approximate surface area is 234 Å². The Morgan fingerprint density at radius 2 is 1.77 bits per heavy atom. The van der Waals surface area contributed by atoms with Crippen LogP contribution < -0.4 is 0 Å². The van der Waals surface area contributed by atoms with Gasteiger partial charge in [0, 0.05) is 17.8 Å². The molecule has 1 aromatic carbocycles. The van der Waals surface area contributed by atoms with Crippen LogP contribution in [0, 0.1) is 40.4 Å². The van der Waals surface area contributed by atoms with Gasteiger partial charge in [0.2, 0.25) is 0 Å². The molecule has 0 radical (unpaired) electrons. The van der Waals surface area contributed by atoms with Crippen LogP contribution in [0.1, 0.15) is 90.4 Å². The summed E-state index contributed by atoms with van der Waals surface area (Å²) in [7, 11) is 0.